The zero-order valence-corrected chi connectivity index (χ0v) is 17.0. The van der Waals surface area contributed by atoms with E-state index >= 15 is 0 Å². The Labute approximate surface area is 166 Å². The molecule has 1 aliphatic rings. The van der Waals surface area contributed by atoms with Crippen molar-refractivity contribution in [2.45, 2.75) is 19.9 Å². The molecule has 1 aliphatic heterocycles. The van der Waals surface area contributed by atoms with Crippen molar-refractivity contribution >= 4 is 17.7 Å². The lowest BCUT2D eigenvalue weighted by Gasteiger charge is -2.28. The maximum absolute atomic E-state index is 6.11. The number of allylic oxidation sites excluding steroid dienone is 2. The number of hydrogen-bond acceptors (Lipinski definition) is 3. The van der Waals surface area contributed by atoms with E-state index in [2.05, 4.69) is 49.7 Å². The van der Waals surface area contributed by atoms with Crippen LogP contribution in [0.5, 0.6) is 0 Å². The van der Waals surface area contributed by atoms with Crippen molar-refractivity contribution in [1.82, 2.24) is 20.0 Å². The zero-order valence-electron chi connectivity index (χ0n) is 16.3. The Kier molecular flexibility index (Phi) is 5.29. The van der Waals surface area contributed by atoms with Gasteiger partial charge in [-0.2, -0.15) is 5.10 Å². The smallest absolute Gasteiger partial charge is 0.0904 e. The van der Waals surface area contributed by atoms with Crippen LogP contribution in [0.4, 0.5) is 0 Å². The summed E-state index contributed by atoms with van der Waals surface area (Å²) in [6.07, 6.45) is 5.97. The number of rotatable bonds is 5. The molecule has 1 aromatic carbocycles. The number of hydrogen-bond donors (Lipinski definition) is 1. The number of nitrogens with one attached hydrogen (secondary N) is 1. The fourth-order valence-electron chi connectivity index (χ4n) is 3.30. The Balaban J connectivity index is 2.10. The number of nitrogens with zero attached hydrogens (tertiary/aromatic N) is 3. The van der Waals surface area contributed by atoms with E-state index in [-0.39, 0.29) is 6.04 Å². The Morgan fingerprint density at radius 1 is 1.19 bits per heavy atom. The number of halogens is 1. The van der Waals surface area contributed by atoms with Crippen LogP contribution >= 0.6 is 11.6 Å². The molecule has 1 unspecified atom stereocenters. The lowest BCUT2D eigenvalue weighted by atomic mass is 9.95. The van der Waals surface area contributed by atoms with Gasteiger partial charge in [0.15, 0.2) is 0 Å². The summed E-state index contributed by atoms with van der Waals surface area (Å²) in [4.78, 5) is 2.03. The summed E-state index contributed by atoms with van der Waals surface area (Å²) in [6, 6.07) is 7.83. The predicted octanol–water partition coefficient (Wildman–Crippen LogP) is 4.95. The van der Waals surface area contributed by atoms with Gasteiger partial charge in [-0.25, -0.2) is 0 Å². The average molecular weight is 381 g/mol. The molecule has 0 amide bonds. The van der Waals surface area contributed by atoms with E-state index in [1.165, 1.54) is 0 Å². The highest BCUT2D eigenvalue weighted by molar-refractivity contribution is 6.30. The number of aryl methyl sites for hydroxylation is 1. The largest absolute Gasteiger partial charge is 0.373 e. The summed E-state index contributed by atoms with van der Waals surface area (Å²) >= 11 is 6.11. The third-order valence-corrected chi connectivity index (χ3v) is 5.24. The van der Waals surface area contributed by atoms with Gasteiger partial charge in [0.1, 0.15) is 0 Å². The molecule has 0 saturated carbocycles. The van der Waals surface area contributed by atoms with Gasteiger partial charge in [0.05, 0.1) is 17.4 Å². The molecule has 0 saturated heterocycles. The van der Waals surface area contributed by atoms with E-state index in [1.807, 2.05) is 47.9 Å². The van der Waals surface area contributed by atoms with E-state index in [4.69, 9.17) is 11.6 Å². The standard InChI is InChI=1S/C22H25ClN4/c1-7-20-21(16(4)27(6)25-20)22(17-8-10-18(23)11-9-17)24-19-12-14(2)15(3)26(5)13-19/h7-13,22,24H,1,3H2,2,4-6H3. The van der Waals surface area contributed by atoms with Gasteiger partial charge >= 0.3 is 0 Å². The molecule has 0 radical (unpaired) electrons. The molecular formula is C22H25ClN4. The third-order valence-electron chi connectivity index (χ3n) is 4.99. The van der Waals surface area contributed by atoms with Crippen molar-refractivity contribution in [3.05, 3.63) is 94.2 Å². The van der Waals surface area contributed by atoms with E-state index in [9.17, 15) is 0 Å². The second-order valence-corrected chi connectivity index (χ2v) is 7.25. The topological polar surface area (TPSA) is 33.1 Å². The highest BCUT2D eigenvalue weighted by Crippen LogP contribution is 2.31. The number of aromatic nitrogens is 2. The highest BCUT2D eigenvalue weighted by Gasteiger charge is 2.24. The van der Waals surface area contributed by atoms with Crippen molar-refractivity contribution < 1.29 is 0 Å². The van der Waals surface area contributed by atoms with E-state index in [1.54, 1.807) is 6.08 Å². The second kappa shape index (κ2) is 7.49. The molecule has 4 nitrogen and oxygen atoms in total. The molecule has 5 heteroatoms. The zero-order chi connectivity index (χ0) is 19.7. The van der Waals surface area contributed by atoms with Crippen LogP contribution in [0.15, 0.2) is 66.7 Å². The first-order chi connectivity index (χ1) is 12.8. The van der Waals surface area contributed by atoms with Crippen molar-refractivity contribution in [3.63, 3.8) is 0 Å². The molecule has 1 aromatic heterocycles. The Hall–Kier alpha value is -2.72. The van der Waals surface area contributed by atoms with Gasteiger partial charge in [-0.05, 0) is 49.3 Å². The van der Waals surface area contributed by atoms with Crippen molar-refractivity contribution in [2.75, 3.05) is 7.05 Å². The van der Waals surface area contributed by atoms with Gasteiger partial charge in [-0.3, -0.25) is 4.68 Å². The fraction of sp³-hybridized carbons (Fsp3) is 0.227. The van der Waals surface area contributed by atoms with Gasteiger partial charge in [0.2, 0.25) is 0 Å². The highest BCUT2D eigenvalue weighted by atomic mass is 35.5. The summed E-state index contributed by atoms with van der Waals surface area (Å²) in [5, 5.41) is 8.99. The van der Waals surface area contributed by atoms with Gasteiger partial charge in [-0.15, -0.1) is 0 Å². The summed E-state index contributed by atoms with van der Waals surface area (Å²) in [5.41, 5.74) is 7.31. The molecule has 0 fully saturated rings. The molecule has 0 bridgehead atoms. The van der Waals surface area contributed by atoms with E-state index in [0.29, 0.717) is 5.02 Å². The van der Waals surface area contributed by atoms with Crippen LogP contribution in [0.3, 0.4) is 0 Å². The maximum atomic E-state index is 6.11. The Bertz CT molecular complexity index is 947. The Morgan fingerprint density at radius 3 is 2.44 bits per heavy atom. The molecule has 2 heterocycles. The van der Waals surface area contributed by atoms with Crippen molar-refractivity contribution in [2.24, 2.45) is 7.05 Å². The molecule has 1 atom stereocenters. The summed E-state index contributed by atoms with van der Waals surface area (Å²) in [5.74, 6) is 0. The first-order valence-electron chi connectivity index (χ1n) is 8.82. The van der Waals surface area contributed by atoms with Crippen LogP contribution in [0.2, 0.25) is 5.02 Å². The summed E-state index contributed by atoms with van der Waals surface area (Å²) in [6.45, 7) is 12.2. The predicted molar refractivity (Wildman–Crippen MR) is 113 cm³/mol. The normalized spacial score (nSPS) is 15.3. The van der Waals surface area contributed by atoms with Crippen LogP contribution in [0.1, 0.15) is 35.5 Å². The minimum absolute atomic E-state index is 0.0842. The molecular weight excluding hydrogens is 356 g/mol. The minimum Gasteiger partial charge on any atom is -0.373 e. The monoisotopic (exact) mass is 380 g/mol. The molecule has 140 valence electrons. The second-order valence-electron chi connectivity index (χ2n) is 6.81. The van der Waals surface area contributed by atoms with Crippen LogP contribution < -0.4 is 5.32 Å². The van der Waals surface area contributed by atoms with Crippen LogP contribution in [-0.4, -0.2) is 21.7 Å². The fourth-order valence-corrected chi connectivity index (χ4v) is 3.43. The van der Waals surface area contributed by atoms with Gasteiger partial charge in [0, 0.05) is 42.3 Å². The quantitative estimate of drug-likeness (QED) is 0.796. The van der Waals surface area contributed by atoms with Gasteiger partial charge in [-0.1, -0.05) is 36.9 Å². The van der Waals surface area contributed by atoms with Crippen molar-refractivity contribution in [3.8, 4) is 0 Å². The van der Waals surface area contributed by atoms with E-state index < -0.39 is 0 Å². The lowest BCUT2D eigenvalue weighted by molar-refractivity contribution is 0.553. The van der Waals surface area contributed by atoms with Gasteiger partial charge in [0.25, 0.3) is 0 Å². The molecule has 1 N–H and O–H groups in total. The summed E-state index contributed by atoms with van der Waals surface area (Å²) < 4.78 is 1.89. The average Bonchev–Trinajstić information content (AvgIpc) is 2.92. The maximum Gasteiger partial charge on any atom is 0.0904 e. The van der Waals surface area contributed by atoms with Crippen molar-refractivity contribution in [1.29, 1.82) is 0 Å². The molecule has 3 rings (SSSR count). The van der Waals surface area contributed by atoms with E-state index in [0.717, 1.165) is 39.5 Å². The van der Waals surface area contributed by atoms with Crippen LogP contribution in [0.25, 0.3) is 6.08 Å². The minimum atomic E-state index is -0.0842. The molecule has 0 aliphatic carbocycles. The molecule has 2 aromatic rings. The third kappa shape index (κ3) is 3.71. The first kappa shape index (κ1) is 19.1. The number of benzene rings is 1. The number of likely N-dealkylation sites (N-methyl/N-ethyl adjacent to an activating group) is 1. The summed E-state index contributed by atoms with van der Waals surface area (Å²) in [7, 11) is 3.95. The first-order valence-corrected chi connectivity index (χ1v) is 9.19. The van der Waals surface area contributed by atoms with Crippen LogP contribution in [-0.2, 0) is 7.05 Å². The van der Waals surface area contributed by atoms with Crippen LogP contribution in [0, 0.1) is 6.92 Å². The Morgan fingerprint density at radius 2 is 1.85 bits per heavy atom. The van der Waals surface area contributed by atoms with Gasteiger partial charge < -0.3 is 10.2 Å². The lowest BCUT2D eigenvalue weighted by Crippen LogP contribution is -2.26. The molecule has 27 heavy (non-hydrogen) atoms. The SMILES string of the molecule is C=Cc1nn(C)c(C)c1C(NC1=CN(C)C(=C)C(C)=C1)c1ccc(Cl)cc1. The molecule has 0 spiro atoms.